The van der Waals surface area contributed by atoms with Crippen molar-refractivity contribution in [3.8, 4) is 0 Å². The second-order valence-electron chi connectivity index (χ2n) is 7.25. The zero-order valence-corrected chi connectivity index (χ0v) is 18.4. The minimum Gasteiger partial charge on any atom is -0.354 e. The maximum Gasteiger partial charge on any atom is 0.252 e. The molecule has 0 spiro atoms. The molecule has 1 aliphatic carbocycles. The second kappa shape index (κ2) is 8.26. The van der Waals surface area contributed by atoms with Gasteiger partial charge in [-0.1, -0.05) is 0 Å². The molecule has 0 aromatic carbocycles. The Morgan fingerprint density at radius 2 is 2.15 bits per heavy atom. The van der Waals surface area contributed by atoms with E-state index < -0.39 is 10.0 Å². The van der Waals surface area contributed by atoms with Crippen molar-refractivity contribution < 1.29 is 13.2 Å². The highest BCUT2D eigenvalue weighted by atomic mass is 79.9. The lowest BCUT2D eigenvalue weighted by atomic mass is 9.99. The summed E-state index contributed by atoms with van der Waals surface area (Å²) < 4.78 is 28.1. The van der Waals surface area contributed by atoms with Crippen LogP contribution < -0.4 is 5.32 Å². The van der Waals surface area contributed by atoms with E-state index in [-0.39, 0.29) is 18.4 Å². The smallest absolute Gasteiger partial charge is 0.252 e. The number of nitrogens with zero attached hydrogens (tertiary/aromatic N) is 2. The van der Waals surface area contributed by atoms with E-state index in [1.807, 2.05) is 0 Å². The van der Waals surface area contributed by atoms with Crippen LogP contribution in [0.15, 0.2) is 20.1 Å². The molecule has 2 aliphatic rings. The van der Waals surface area contributed by atoms with Gasteiger partial charge in [-0.3, -0.25) is 9.69 Å². The van der Waals surface area contributed by atoms with Gasteiger partial charge in [0.1, 0.15) is 4.21 Å². The van der Waals surface area contributed by atoms with Crippen molar-refractivity contribution in [2.45, 2.75) is 48.9 Å². The molecular weight excluding hydrogens is 438 g/mol. The zero-order valence-electron chi connectivity index (χ0n) is 15.2. The number of nitrogens with one attached hydrogen (secondary N) is 1. The summed E-state index contributed by atoms with van der Waals surface area (Å²) in [6, 6.07) is 4.30. The summed E-state index contributed by atoms with van der Waals surface area (Å²) in [5.74, 6) is -0.311. The Morgan fingerprint density at radius 3 is 2.77 bits per heavy atom. The Kier molecular flexibility index (Phi) is 6.44. The Hall–Kier alpha value is -0.480. The van der Waals surface area contributed by atoms with E-state index in [0.29, 0.717) is 35.8 Å². The Balaban J connectivity index is 1.56. The molecule has 2 heterocycles. The van der Waals surface area contributed by atoms with E-state index in [4.69, 9.17) is 0 Å². The van der Waals surface area contributed by atoms with Crippen LogP contribution in [-0.2, 0) is 14.8 Å². The maximum atomic E-state index is 12.8. The Morgan fingerprint density at radius 1 is 1.42 bits per heavy atom. The number of thiophene rings is 1. The molecule has 0 radical (unpaired) electrons. The van der Waals surface area contributed by atoms with E-state index in [2.05, 4.69) is 40.1 Å². The highest BCUT2D eigenvalue weighted by molar-refractivity contribution is 9.11. The van der Waals surface area contributed by atoms with Gasteiger partial charge >= 0.3 is 0 Å². The number of rotatable bonds is 7. The SMILES string of the molecule is CC(CNC(=O)C1CCCN(S(=O)(=O)c2ccc(Br)s2)C1)N(C)C1CC1. The summed E-state index contributed by atoms with van der Waals surface area (Å²) in [7, 11) is -1.42. The molecule has 1 saturated carbocycles. The molecule has 1 amide bonds. The number of piperidine rings is 1. The minimum atomic E-state index is -3.52. The average Bonchev–Trinajstić information content (AvgIpc) is 3.39. The topological polar surface area (TPSA) is 69.7 Å². The van der Waals surface area contributed by atoms with Crippen LogP contribution in [0.5, 0.6) is 0 Å². The van der Waals surface area contributed by atoms with Gasteiger partial charge in [-0.25, -0.2) is 8.42 Å². The zero-order chi connectivity index (χ0) is 18.9. The van der Waals surface area contributed by atoms with Gasteiger partial charge in [0.2, 0.25) is 5.91 Å². The van der Waals surface area contributed by atoms with E-state index in [0.717, 1.165) is 10.2 Å². The number of carbonyl (C=O) groups excluding carboxylic acids is 1. The van der Waals surface area contributed by atoms with E-state index >= 15 is 0 Å². The van der Waals surface area contributed by atoms with Crippen molar-refractivity contribution in [1.29, 1.82) is 0 Å². The fourth-order valence-corrected chi connectivity index (χ4v) is 7.00. The van der Waals surface area contributed by atoms with Crippen LogP contribution >= 0.6 is 27.3 Å². The van der Waals surface area contributed by atoms with Crippen molar-refractivity contribution in [1.82, 2.24) is 14.5 Å². The lowest BCUT2D eigenvalue weighted by Gasteiger charge is -2.31. The van der Waals surface area contributed by atoms with Gasteiger partial charge in [-0.2, -0.15) is 4.31 Å². The van der Waals surface area contributed by atoms with Crippen molar-refractivity contribution in [2.75, 3.05) is 26.7 Å². The van der Waals surface area contributed by atoms with Crippen LogP contribution in [0.4, 0.5) is 0 Å². The minimum absolute atomic E-state index is 0.0340. The highest BCUT2D eigenvalue weighted by Gasteiger charge is 2.34. The van der Waals surface area contributed by atoms with Crippen molar-refractivity contribution in [2.24, 2.45) is 5.92 Å². The third kappa shape index (κ3) is 4.67. The molecule has 2 atom stereocenters. The second-order valence-corrected chi connectivity index (χ2v) is 11.9. The highest BCUT2D eigenvalue weighted by Crippen LogP contribution is 2.31. The maximum absolute atomic E-state index is 12.8. The third-order valence-electron chi connectivity index (χ3n) is 5.29. The fourth-order valence-electron chi connectivity index (χ4n) is 3.32. The first-order chi connectivity index (χ1) is 12.3. The number of likely N-dealkylation sites (N-methyl/N-ethyl adjacent to an activating group) is 1. The Bertz CT molecular complexity index is 748. The Labute approximate surface area is 168 Å². The molecule has 2 fully saturated rings. The third-order valence-corrected chi connectivity index (χ3v) is 9.24. The average molecular weight is 464 g/mol. The van der Waals surface area contributed by atoms with Gasteiger partial charge in [0, 0.05) is 31.7 Å². The summed E-state index contributed by atoms with van der Waals surface area (Å²) in [6.07, 6.45) is 3.92. The van der Waals surface area contributed by atoms with Crippen LogP contribution in [-0.4, -0.2) is 62.3 Å². The first-order valence-corrected chi connectivity index (χ1v) is 12.1. The number of hydrogen-bond donors (Lipinski definition) is 1. The van der Waals surface area contributed by atoms with Crippen molar-refractivity contribution in [3.05, 3.63) is 15.9 Å². The largest absolute Gasteiger partial charge is 0.354 e. The number of halogens is 1. The number of carbonyl (C=O) groups is 1. The first kappa shape index (κ1) is 20.3. The summed E-state index contributed by atoms with van der Waals surface area (Å²) in [4.78, 5) is 14.9. The molecule has 2 unspecified atom stereocenters. The fraction of sp³-hybridized carbons (Fsp3) is 0.706. The molecular formula is C17H26BrN3O3S2. The number of hydrogen-bond acceptors (Lipinski definition) is 5. The van der Waals surface area contributed by atoms with Crippen LogP contribution in [0.25, 0.3) is 0 Å². The van der Waals surface area contributed by atoms with E-state index in [1.54, 1.807) is 12.1 Å². The van der Waals surface area contributed by atoms with Gasteiger partial charge in [0.25, 0.3) is 10.0 Å². The van der Waals surface area contributed by atoms with Gasteiger partial charge in [0.15, 0.2) is 0 Å². The summed E-state index contributed by atoms with van der Waals surface area (Å²) in [5, 5.41) is 3.02. The number of sulfonamides is 1. The quantitative estimate of drug-likeness (QED) is 0.674. The van der Waals surface area contributed by atoms with Crippen LogP contribution in [0.3, 0.4) is 0 Å². The molecule has 6 nitrogen and oxygen atoms in total. The number of amides is 1. The van der Waals surface area contributed by atoms with Gasteiger partial charge < -0.3 is 5.32 Å². The van der Waals surface area contributed by atoms with Crippen LogP contribution in [0.1, 0.15) is 32.6 Å². The summed E-state index contributed by atoms with van der Waals surface area (Å²) in [6.45, 7) is 3.46. The van der Waals surface area contributed by atoms with E-state index in [9.17, 15) is 13.2 Å². The summed E-state index contributed by atoms with van der Waals surface area (Å²) in [5.41, 5.74) is 0. The van der Waals surface area contributed by atoms with Crippen LogP contribution in [0.2, 0.25) is 0 Å². The molecule has 0 bridgehead atoms. The van der Waals surface area contributed by atoms with Gasteiger partial charge in [-0.05, 0) is 67.7 Å². The molecule has 1 N–H and O–H groups in total. The molecule has 3 rings (SSSR count). The van der Waals surface area contributed by atoms with Gasteiger partial charge in [0.05, 0.1) is 9.70 Å². The van der Waals surface area contributed by atoms with Crippen molar-refractivity contribution in [3.63, 3.8) is 0 Å². The van der Waals surface area contributed by atoms with Crippen molar-refractivity contribution >= 4 is 43.2 Å². The molecule has 9 heteroatoms. The summed E-state index contributed by atoms with van der Waals surface area (Å²) >= 11 is 4.52. The van der Waals surface area contributed by atoms with E-state index in [1.165, 1.54) is 28.5 Å². The molecule has 1 aliphatic heterocycles. The molecule has 26 heavy (non-hydrogen) atoms. The molecule has 1 aromatic heterocycles. The molecule has 1 aromatic rings. The predicted molar refractivity (Wildman–Crippen MR) is 107 cm³/mol. The normalized spacial score (nSPS) is 23.2. The first-order valence-electron chi connectivity index (χ1n) is 9.04. The standard InChI is InChI=1S/C17H26BrN3O3S2/c1-12(20(2)14-5-6-14)10-19-17(22)13-4-3-9-21(11-13)26(23,24)16-8-7-15(18)25-16/h7-8,12-14H,3-6,9-11H2,1-2H3,(H,19,22). The lowest BCUT2D eigenvalue weighted by molar-refractivity contribution is -0.126. The lowest BCUT2D eigenvalue weighted by Crippen LogP contribution is -2.48. The van der Waals surface area contributed by atoms with Gasteiger partial charge in [-0.15, -0.1) is 11.3 Å². The molecule has 146 valence electrons. The van der Waals surface area contributed by atoms with Crippen LogP contribution in [0, 0.1) is 5.92 Å². The predicted octanol–water partition coefficient (Wildman–Crippen LogP) is 2.51. The molecule has 1 saturated heterocycles. The monoisotopic (exact) mass is 463 g/mol.